The van der Waals surface area contributed by atoms with Gasteiger partial charge in [-0.2, -0.15) is 4.98 Å². The summed E-state index contributed by atoms with van der Waals surface area (Å²) >= 11 is 3.40. The minimum Gasteiger partial charge on any atom is -0.473 e. The van der Waals surface area contributed by atoms with Crippen molar-refractivity contribution in [1.82, 2.24) is 4.98 Å². The van der Waals surface area contributed by atoms with Crippen LogP contribution in [0.25, 0.3) is 0 Å². The molecule has 1 aromatic carbocycles. The zero-order chi connectivity index (χ0) is 13.8. The summed E-state index contributed by atoms with van der Waals surface area (Å²) in [7, 11) is 0. The SMILES string of the molecule is Nc1nc(OCc2ccccc2Br)ccc1[N+](=O)[O-]. The number of benzene rings is 1. The third-order valence-corrected chi connectivity index (χ3v) is 3.18. The molecule has 0 aliphatic heterocycles. The van der Waals surface area contributed by atoms with Crippen LogP contribution >= 0.6 is 15.9 Å². The summed E-state index contributed by atoms with van der Waals surface area (Å²) in [5.41, 5.74) is 6.20. The molecule has 19 heavy (non-hydrogen) atoms. The molecule has 0 saturated carbocycles. The molecular weight excluding hydrogens is 314 g/mol. The van der Waals surface area contributed by atoms with Gasteiger partial charge in [-0.15, -0.1) is 0 Å². The molecule has 2 N–H and O–H groups in total. The molecule has 0 aliphatic rings. The molecule has 2 rings (SSSR count). The first-order valence-electron chi connectivity index (χ1n) is 5.35. The van der Waals surface area contributed by atoms with Gasteiger partial charge in [0.1, 0.15) is 6.61 Å². The van der Waals surface area contributed by atoms with E-state index in [1.807, 2.05) is 24.3 Å². The summed E-state index contributed by atoms with van der Waals surface area (Å²) in [6.07, 6.45) is 0. The maximum Gasteiger partial charge on any atom is 0.311 e. The maximum absolute atomic E-state index is 10.6. The standard InChI is InChI=1S/C12H10BrN3O3/c13-9-4-2-1-3-8(9)7-19-11-6-5-10(16(17)18)12(14)15-11/h1-6H,7H2,(H2,14,15). The monoisotopic (exact) mass is 323 g/mol. The Balaban J connectivity index is 2.11. The van der Waals surface area contributed by atoms with Crippen LogP contribution in [0.3, 0.4) is 0 Å². The molecule has 0 fully saturated rings. The molecule has 0 bridgehead atoms. The highest BCUT2D eigenvalue weighted by molar-refractivity contribution is 9.10. The van der Waals surface area contributed by atoms with E-state index in [1.54, 1.807) is 0 Å². The Morgan fingerprint density at radius 2 is 2.05 bits per heavy atom. The second kappa shape index (κ2) is 5.66. The molecule has 6 nitrogen and oxygen atoms in total. The molecule has 0 radical (unpaired) electrons. The van der Waals surface area contributed by atoms with Gasteiger partial charge >= 0.3 is 5.69 Å². The first-order valence-corrected chi connectivity index (χ1v) is 6.14. The fourth-order valence-corrected chi connectivity index (χ4v) is 1.85. The summed E-state index contributed by atoms with van der Waals surface area (Å²) in [6, 6.07) is 10.3. The zero-order valence-electron chi connectivity index (χ0n) is 9.75. The highest BCUT2D eigenvalue weighted by Crippen LogP contribution is 2.23. The Bertz CT molecular complexity index is 619. The lowest BCUT2D eigenvalue weighted by molar-refractivity contribution is -0.384. The number of nitrogens with two attached hydrogens (primary N) is 1. The lowest BCUT2D eigenvalue weighted by Gasteiger charge is -2.07. The molecule has 2 aromatic rings. The summed E-state index contributed by atoms with van der Waals surface area (Å²) < 4.78 is 6.37. The van der Waals surface area contributed by atoms with Gasteiger partial charge in [0, 0.05) is 22.2 Å². The zero-order valence-corrected chi connectivity index (χ0v) is 11.3. The van der Waals surface area contributed by atoms with Crippen LogP contribution in [0.2, 0.25) is 0 Å². The van der Waals surface area contributed by atoms with Crippen LogP contribution in [-0.2, 0) is 6.61 Å². The van der Waals surface area contributed by atoms with Crippen LogP contribution in [0, 0.1) is 10.1 Å². The molecule has 1 aromatic heterocycles. The van der Waals surface area contributed by atoms with Crippen molar-refractivity contribution in [2.45, 2.75) is 6.61 Å². The smallest absolute Gasteiger partial charge is 0.311 e. The third-order valence-electron chi connectivity index (χ3n) is 2.41. The number of nitro groups is 1. The van der Waals surface area contributed by atoms with Crippen LogP contribution in [0.4, 0.5) is 11.5 Å². The minimum absolute atomic E-state index is 0.158. The molecule has 0 unspecified atom stereocenters. The van der Waals surface area contributed by atoms with Gasteiger partial charge in [0.15, 0.2) is 0 Å². The van der Waals surface area contributed by atoms with Crippen molar-refractivity contribution in [2.24, 2.45) is 0 Å². The van der Waals surface area contributed by atoms with E-state index in [0.29, 0.717) is 6.61 Å². The number of hydrogen-bond donors (Lipinski definition) is 1. The molecular formula is C12H10BrN3O3. The predicted molar refractivity (Wildman–Crippen MR) is 73.8 cm³/mol. The maximum atomic E-state index is 10.6. The number of nitrogens with zero attached hydrogens (tertiary/aromatic N) is 2. The van der Waals surface area contributed by atoms with Gasteiger partial charge in [0.2, 0.25) is 11.7 Å². The molecule has 98 valence electrons. The van der Waals surface area contributed by atoms with E-state index < -0.39 is 4.92 Å². The van der Waals surface area contributed by atoms with E-state index in [4.69, 9.17) is 10.5 Å². The van der Waals surface area contributed by atoms with Gasteiger partial charge in [-0.1, -0.05) is 34.1 Å². The Morgan fingerprint density at radius 3 is 2.68 bits per heavy atom. The number of ether oxygens (including phenoxy) is 1. The average Bonchev–Trinajstić information content (AvgIpc) is 2.37. The lowest BCUT2D eigenvalue weighted by atomic mass is 10.2. The van der Waals surface area contributed by atoms with Crippen LogP contribution in [-0.4, -0.2) is 9.91 Å². The Labute approximate surface area is 117 Å². The Kier molecular flexibility index (Phi) is 3.96. The van der Waals surface area contributed by atoms with E-state index in [0.717, 1.165) is 10.0 Å². The third kappa shape index (κ3) is 3.19. The quantitative estimate of drug-likeness (QED) is 0.690. The van der Waals surface area contributed by atoms with Crippen LogP contribution in [0.5, 0.6) is 5.88 Å². The number of hydrogen-bond acceptors (Lipinski definition) is 5. The first kappa shape index (κ1) is 13.3. The van der Waals surface area contributed by atoms with Gasteiger partial charge in [-0.3, -0.25) is 10.1 Å². The first-order chi connectivity index (χ1) is 9.08. The van der Waals surface area contributed by atoms with Crippen molar-refractivity contribution in [2.75, 3.05) is 5.73 Å². The second-order valence-electron chi connectivity index (χ2n) is 3.69. The Morgan fingerprint density at radius 1 is 1.32 bits per heavy atom. The lowest BCUT2D eigenvalue weighted by Crippen LogP contribution is -2.02. The fourth-order valence-electron chi connectivity index (χ4n) is 1.45. The predicted octanol–water partition coefficient (Wildman–Crippen LogP) is 2.91. The van der Waals surface area contributed by atoms with Crippen molar-refractivity contribution >= 4 is 27.4 Å². The fraction of sp³-hybridized carbons (Fsp3) is 0.0833. The minimum atomic E-state index is -0.583. The molecule has 0 amide bonds. The van der Waals surface area contributed by atoms with E-state index in [-0.39, 0.29) is 17.4 Å². The highest BCUT2D eigenvalue weighted by Gasteiger charge is 2.13. The van der Waals surface area contributed by atoms with E-state index in [9.17, 15) is 10.1 Å². The molecule has 0 atom stereocenters. The molecule has 1 heterocycles. The van der Waals surface area contributed by atoms with Crippen LogP contribution < -0.4 is 10.5 Å². The van der Waals surface area contributed by atoms with Gasteiger partial charge < -0.3 is 10.5 Å². The van der Waals surface area contributed by atoms with Crippen molar-refractivity contribution in [3.63, 3.8) is 0 Å². The largest absolute Gasteiger partial charge is 0.473 e. The summed E-state index contributed by atoms with van der Waals surface area (Å²) in [6.45, 7) is 0.297. The van der Waals surface area contributed by atoms with Gasteiger partial charge in [-0.25, -0.2) is 0 Å². The summed E-state index contributed by atoms with van der Waals surface area (Å²) in [5, 5.41) is 10.6. The van der Waals surface area contributed by atoms with Gasteiger partial charge in [-0.05, 0) is 6.07 Å². The van der Waals surface area contributed by atoms with Crippen LogP contribution in [0.15, 0.2) is 40.9 Å². The van der Waals surface area contributed by atoms with E-state index >= 15 is 0 Å². The van der Waals surface area contributed by atoms with Crippen molar-refractivity contribution in [3.8, 4) is 5.88 Å². The highest BCUT2D eigenvalue weighted by atomic mass is 79.9. The van der Waals surface area contributed by atoms with Crippen LogP contribution in [0.1, 0.15) is 5.56 Å². The van der Waals surface area contributed by atoms with E-state index in [2.05, 4.69) is 20.9 Å². The molecule has 0 saturated heterocycles. The van der Waals surface area contributed by atoms with Crippen molar-refractivity contribution in [3.05, 3.63) is 56.5 Å². The number of halogens is 1. The van der Waals surface area contributed by atoms with Crippen molar-refractivity contribution in [1.29, 1.82) is 0 Å². The molecule has 0 spiro atoms. The van der Waals surface area contributed by atoms with Crippen molar-refractivity contribution < 1.29 is 9.66 Å². The number of rotatable bonds is 4. The number of anilines is 1. The topological polar surface area (TPSA) is 91.3 Å². The number of aromatic nitrogens is 1. The summed E-state index contributed by atoms with van der Waals surface area (Å²) in [5.74, 6) is 0.0912. The van der Waals surface area contributed by atoms with Gasteiger partial charge in [0.25, 0.3) is 0 Å². The Hall–Kier alpha value is -2.15. The normalized spacial score (nSPS) is 10.2. The summed E-state index contributed by atoms with van der Waals surface area (Å²) in [4.78, 5) is 13.8. The number of pyridine rings is 1. The van der Waals surface area contributed by atoms with Gasteiger partial charge in [0.05, 0.1) is 4.92 Å². The molecule has 0 aliphatic carbocycles. The number of nitrogen functional groups attached to an aromatic ring is 1. The van der Waals surface area contributed by atoms with E-state index in [1.165, 1.54) is 12.1 Å². The molecule has 7 heteroatoms. The average molecular weight is 324 g/mol. The second-order valence-corrected chi connectivity index (χ2v) is 4.55.